The summed E-state index contributed by atoms with van der Waals surface area (Å²) in [6.45, 7) is 6.26. The Labute approximate surface area is 228 Å². The molecule has 202 valence electrons. The number of benzene rings is 1. The van der Waals surface area contributed by atoms with Gasteiger partial charge in [-0.1, -0.05) is 25.8 Å². The number of nitrogens with one attached hydrogen (secondary N) is 3. The van der Waals surface area contributed by atoms with Crippen LogP contribution < -0.4 is 21.7 Å². The van der Waals surface area contributed by atoms with Crippen LogP contribution >= 0.6 is 11.3 Å². The number of thiazole rings is 1. The summed E-state index contributed by atoms with van der Waals surface area (Å²) in [4.78, 5) is 37.3. The average Bonchev–Trinajstić information content (AvgIpc) is 3.37. The Balaban J connectivity index is 1.35. The third-order valence-electron chi connectivity index (χ3n) is 6.52. The van der Waals surface area contributed by atoms with Gasteiger partial charge in [-0.25, -0.2) is 14.8 Å². The predicted molar refractivity (Wildman–Crippen MR) is 153 cm³/mol. The Morgan fingerprint density at radius 3 is 2.55 bits per heavy atom. The van der Waals surface area contributed by atoms with Crippen LogP contribution in [0.25, 0.3) is 10.6 Å². The number of carbonyl (C=O) groups excluding carboxylic acids is 2. The lowest BCUT2D eigenvalue weighted by Gasteiger charge is -2.26. The summed E-state index contributed by atoms with van der Waals surface area (Å²) >= 11 is 1.43. The molecule has 1 saturated heterocycles. The van der Waals surface area contributed by atoms with Crippen LogP contribution in [0, 0.1) is 0 Å². The Hall–Kier alpha value is -3.50. The summed E-state index contributed by atoms with van der Waals surface area (Å²) in [5, 5.41) is 9.56. The number of urea groups is 1. The molecule has 1 aliphatic rings. The van der Waals surface area contributed by atoms with E-state index in [9.17, 15) is 9.59 Å². The lowest BCUT2D eigenvalue weighted by Crippen LogP contribution is -2.37. The molecule has 0 radical (unpaired) electrons. The largest absolute Gasteiger partial charge is 0.384 e. The normalized spacial score (nSPS) is 13.7. The number of amides is 3. The first-order chi connectivity index (χ1) is 18.5. The molecule has 1 aromatic carbocycles. The van der Waals surface area contributed by atoms with Crippen LogP contribution in [0.1, 0.15) is 60.0 Å². The number of aryl methyl sites for hydroxylation is 1. The molecule has 10 heteroatoms. The Morgan fingerprint density at radius 1 is 1.05 bits per heavy atom. The molecule has 0 atom stereocenters. The number of aromatic nitrogens is 2. The van der Waals surface area contributed by atoms with Crippen molar-refractivity contribution >= 4 is 34.8 Å². The summed E-state index contributed by atoms with van der Waals surface area (Å²) in [6.07, 6.45) is 8.24. The van der Waals surface area contributed by atoms with Gasteiger partial charge in [-0.3, -0.25) is 4.79 Å². The summed E-state index contributed by atoms with van der Waals surface area (Å²) < 4.78 is 0. The number of piperidine rings is 1. The molecule has 0 aliphatic carbocycles. The van der Waals surface area contributed by atoms with Crippen LogP contribution in [0.4, 0.5) is 16.3 Å². The van der Waals surface area contributed by atoms with Gasteiger partial charge >= 0.3 is 6.03 Å². The molecule has 9 nitrogen and oxygen atoms in total. The second-order valence-electron chi connectivity index (χ2n) is 9.53. The highest BCUT2D eigenvalue weighted by Gasteiger charge is 2.19. The lowest BCUT2D eigenvalue weighted by atomic mass is 10.1. The number of likely N-dealkylation sites (tertiary alicyclic amines) is 1. The van der Waals surface area contributed by atoms with Crippen LogP contribution in [0.15, 0.2) is 42.6 Å². The van der Waals surface area contributed by atoms with Gasteiger partial charge in [-0.2, -0.15) is 0 Å². The number of nitrogens with zero attached hydrogens (tertiary/aromatic N) is 3. The molecule has 0 bridgehead atoms. The molecule has 38 heavy (non-hydrogen) atoms. The van der Waals surface area contributed by atoms with E-state index < -0.39 is 0 Å². The zero-order valence-corrected chi connectivity index (χ0v) is 22.8. The topological polar surface area (TPSA) is 125 Å². The average molecular weight is 536 g/mol. The molecule has 3 heterocycles. The number of nitrogens with two attached hydrogens (primary N) is 1. The minimum absolute atomic E-state index is 0.0388. The molecule has 3 amide bonds. The van der Waals surface area contributed by atoms with E-state index in [1.165, 1.54) is 30.6 Å². The fraction of sp³-hybridized carbons (Fsp3) is 0.429. The van der Waals surface area contributed by atoms with Crippen molar-refractivity contribution in [3.05, 3.63) is 58.7 Å². The van der Waals surface area contributed by atoms with Crippen LogP contribution in [-0.4, -0.2) is 53.0 Å². The third kappa shape index (κ3) is 8.00. The second kappa shape index (κ2) is 13.9. The zero-order valence-electron chi connectivity index (χ0n) is 22.0. The van der Waals surface area contributed by atoms with Crippen molar-refractivity contribution in [3.8, 4) is 10.6 Å². The van der Waals surface area contributed by atoms with Crippen molar-refractivity contribution in [2.24, 2.45) is 0 Å². The maximum atomic E-state index is 13.0. The van der Waals surface area contributed by atoms with E-state index in [1.54, 1.807) is 12.3 Å². The Morgan fingerprint density at radius 2 is 1.84 bits per heavy atom. The van der Waals surface area contributed by atoms with E-state index in [-0.39, 0.29) is 11.9 Å². The van der Waals surface area contributed by atoms with E-state index in [0.717, 1.165) is 60.7 Å². The number of carbonyl (C=O) groups is 2. The summed E-state index contributed by atoms with van der Waals surface area (Å²) in [5.41, 5.74) is 8.90. The number of nitrogen functional groups attached to an aromatic ring is 1. The molecule has 3 aromatic rings. The minimum atomic E-state index is -0.311. The zero-order chi connectivity index (χ0) is 26.7. The molecule has 2 aromatic heterocycles. The van der Waals surface area contributed by atoms with Gasteiger partial charge in [0.15, 0.2) is 0 Å². The standard InChI is InChI=1S/C28H37N7O2S/c1-2-3-7-23-25(26(36)30-14-17-35-15-5-4-6-16-35)38-27(34-23)21-9-11-22(12-10-21)33-28(37)32-19-20-8-13-24(29)31-18-20/h8-13,18H,2-7,14-17,19H2,1H3,(H2,29,31)(H,30,36)(H2,32,33,37). The van der Waals surface area contributed by atoms with Crippen molar-refractivity contribution in [1.29, 1.82) is 0 Å². The maximum Gasteiger partial charge on any atom is 0.319 e. The van der Waals surface area contributed by atoms with Gasteiger partial charge in [-0.05, 0) is 74.7 Å². The first-order valence-corrected chi connectivity index (χ1v) is 14.2. The SMILES string of the molecule is CCCCc1nc(-c2ccc(NC(=O)NCc3ccc(N)nc3)cc2)sc1C(=O)NCCN1CCCCC1. The van der Waals surface area contributed by atoms with Gasteiger partial charge in [0.2, 0.25) is 0 Å². The number of hydrogen-bond donors (Lipinski definition) is 4. The Kier molecular flexibility index (Phi) is 10.1. The number of anilines is 2. The van der Waals surface area contributed by atoms with Gasteiger partial charge in [0.05, 0.1) is 5.69 Å². The molecule has 1 fully saturated rings. The smallest absolute Gasteiger partial charge is 0.319 e. The summed E-state index contributed by atoms with van der Waals surface area (Å²) in [7, 11) is 0. The predicted octanol–water partition coefficient (Wildman–Crippen LogP) is 4.67. The monoisotopic (exact) mass is 535 g/mol. The molecule has 1 aliphatic heterocycles. The number of pyridine rings is 1. The van der Waals surface area contributed by atoms with Crippen LogP contribution in [0.3, 0.4) is 0 Å². The molecule has 4 rings (SSSR count). The minimum Gasteiger partial charge on any atom is -0.384 e. The highest BCUT2D eigenvalue weighted by Crippen LogP contribution is 2.30. The van der Waals surface area contributed by atoms with E-state index in [0.29, 0.717) is 29.5 Å². The number of unbranched alkanes of at least 4 members (excludes halogenated alkanes) is 1. The number of hydrogen-bond acceptors (Lipinski definition) is 7. The highest BCUT2D eigenvalue weighted by molar-refractivity contribution is 7.17. The van der Waals surface area contributed by atoms with Gasteiger partial charge in [-0.15, -0.1) is 11.3 Å². The van der Waals surface area contributed by atoms with Crippen molar-refractivity contribution in [1.82, 2.24) is 25.5 Å². The molecular formula is C28H37N7O2S. The van der Waals surface area contributed by atoms with Gasteiger partial charge < -0.3 is 26.6 Å². The number of rotatable bonds is 11. The fourth-order valence-electron chi connectivity index (χ4n) is 4.35. The third-order valence-corrected chi connectivity index (χ3v) is 7.67. The van der Waals surface area contributed by atoms with Gasteiger partial charge in [0, 0.05) is 37.1 Å². The highest BCUT2D eigenvalue weighted by atomic mass is 32.1. The molecule has 5 N–H and O–H groups in total. The molecule has 0 spiro atoms. The first-order valence-electron chi connectivity index (χ1n) is 13.4. The summed E-state index contributed by atoms with van der Waals surface area (Å²) in [6, 6.07) is 10.7. The Bertz CT molecular complexity index is 1190. The van der Waals surface area contributed by atoms with Crippen LogP contribution in [-0.2, 0) is 13.0 Å². The maximum absolute atomic E-state index is 13.0. The van der Waals surface area contributed by atoms with Gasteiger partial charge in [0.1, 0.15) is 15.7 Å². The van der Waals surface area contributed by atoms with Crippen molar-refractivity contribution in [2.45, 2.75) is 52.0 Å². The summed E-state index contributed by atoms with van der Waals surface area (Å²) in [5.74, 6) is 0.403. The fourth-order valence-corrected chi connectivity index (χ4v) is 5.38. The molecular weight excluding hydrogens is 498 g/mol. The van der Waals surface area contributed by atoms with Crippen molar-refractivity contribution in [3.63, 3.8) is 0 Å². The van der Waals surface area contributed by atoms with E-state index in [4.69, 9.17) is 10.7 Å². The van der Waals surface area contributed by atoms with Crippen molar-refractivity contribution < 1.29 is 9.59 Å². The van der Waals surface area contributed by atoms with E-state index in [1.807, 2.05) is 30.3 Å². The quantitative estimate of drug-likeness (QED) is 0.283. The first kappa shape index (κ1) is 27.5. The second-order valence-corrected chi connectivity index (χ2v) is 10.5. The molecule has 0 unspecified atom stereocenters. The van der Waals surface area contributed by atoms with Crippen LogP contribution in [0.5, 0.6) is 0 Å². The molecule has 0 saturated carbocycles. The van der Waals surface area contributed by atoms with Crippen molar-refractivity contribution in [2.75, 3.05) is 37.2 Å². The van der Waals surface area contributed by atoms with Crippen LogP contribution in [0.2, 0.25) is 0 Å². The van der Waals surface area contributed by atoms with E-state index in [2.05, 4.69) is 32.8 Å². The lowest BCUT2D eigenvalue weighted by molar-refractivity contribution is 0.0949. The van der Waals surface area contributed by atoms with Gasteiger partial charge in [0.25, 0.3) is 5.91 Å². The van der Waals surface area contributed by atoms with E-state index >= 15 is 0 Å².